The Balaban J connectivity index is 1.89. The highest BCUT2D eigenvalue weighted by molar-refractivity contribution is 9.10. The van der Waals surface area contributed by atoms with Gasteiger partial charge in [-0.3, -0.25) is 10.4 Å². The molecule has 0 bridgehead atoms. The summed E-state index contributed by atoms with van der Waals surface area (Å²) in [4.78, 5) is 12.9. The number of phenols is 1. The Morgan fingerprint density at radius 2 is 1.88 bits per heavy atom. The second-order valence-corrected chi connectivity index (χ2v) is 6.35. The van der Waals surface area contributed by atoms with E-state index in [1.165, 1.54) is 6.21 Å². The van der Waals surface area contributed by atoms with Crippen LogP contribution in [-0.2, 0) is 0 Å². The van der Waals surface area contributed by atoms with Crippen molar-refractivity contribution in [2.24, 2.45) is 10.1 Å². The second kappa shape index (κ2) is 8.55. The van der Waals surface area contributed by atoms with Crippen LogP contribution in [0.2, 0.25) is 5.02 Å². The van der Waals surface area contributed by atoms with E-state index in [9.17, 15) is 5.11 Å². The second-order valence-electron chi connectivity index (χ2n) is 5.06. The van der Waals surface area contributed by atoms with Gasteiger partial charge >= 0.3 is 0 Å². The predicted molar refractivity (Wildman–Crippen MR) is 106 cm³/mol. The molecule has 26 heavy (non-hydrogen) atoms. The summed E-state index contributed by atoms with van der Waals surface area (Å²) in [5.41, 5.74) is 3.90. The summed E-state index contributed by atoms with van der Waals surface area (Å²) in [5, 5.41) is 14.7. The highest BCUT2D eigenvalue weighted by atomic mass is 79.9. The molecule has 0 aliphatic heterocycles. The van der Waals surface area contributed by atoms with Crippen molar-refractivity contribution in [2.45, 2.75) is 0 Å². The summed E-state index contributed by atoms with van der Waals surface area (Å²) in [7, 11) is 0. The lowest BCUT2D eigenvalue weighted by Crippen LogP contribution is -2.20. The fourth-order valence-corrected chi connectivity index (χ4v) is 2.86. The molecule has 2 N–H and O–H groups in total. The van der Waals surface area contributed by atoms with Crippen molar-refractivity contribution in [1.29, 1.82) is 0 Å². The number of benzene rings is 1. The minimum atomic E-state index is 0.0426. The Kier molecular flexibility index (Phi) is 5.93. The van der Waals surface area contributed by atoms with Gasteiger partial charge in [0, 0.05) is 23.0 Å². The van der Waals surface area contributed by atoms with Crippen molar-refractivity contribution in [2.75, 3.05) is 0 Å². The molecule has 0 aliphatic carbocycles. The third-order valence-corrected chi connectivity index (χ3v) is 4.04. The lowest BCUT2D eigenvalue weighted by atomic mass is 10.2. The van der Waals surface area contributed by atoms with Gasteiger partial charge < -0.3 is 5.11 Å². The molecule has 1 aromatic carbocycles. The number of aromatic hydroxyl groups is 1. The van der Waals surface area contributed by atoms with E-state index in [1.54, 1.807) is 36.7 Å². The van der Waals surface area contributed by atoms with E-state index in [0.29, 0.717) is 32.4 Å². The topological polar surface area (TPSA) is 82.8 Å². The van der Waals surface area contributed by atoms with E-state index >= 15 is 0 Å². The monoisotopic (exact) mass is 429 g/mol. The number of amidine groups is 1. The molecule has 130 valence electrons. The average molecular weight is 431 g/mol. The molecule has 0 saturated heterocycles. The number of hydrazone groups is 1. The number of halogens is 2. The maximum atomic E-state index is 10.1. The molecule has 0 fully saturated rings. The fraction of sp³-hybridized carbons (Fsp3) is 0. The average Bonchev–Trinajstić information content (AvgIpc) is 2.66. The number of hydrogen-bond acceptors (Lipinski definition) is 5. The minimum Gasteiger partial charge on any atom is -0.506 e. The van der Waals surface area contributed by atoms with Crippen molar-refractivity contribution >= 4 is 45.4 Å². The number of aromatic nitrogens is 2. The molecule has 3 aromatic rings. The quantitative estimate of drug-likeness (QED) is 0.367. The van der Waals surface area contributed by atoms with Crippen LogP contribution in [0.15, 0.2) is 75.5 Å². The van der Waals surface area contributed by atoms with E-state index in [-0.39, 0.29) is 5.75 Å². The molecule has 0 radical (unpaired) electrons. The van der Waals surface area contributed by atoms with Gasteiger partial charge in [0.1, 0.15) is 11.4 Å². The first-order chi connectivity index (χ1) is 12.6. The van der Waals surface area contributed by atoms with E-state index in [4.69, 9.17) is 11.6 Å². The molecule has 0 saturated carbocycles. The van der Waals surface area contributed by atoms with Crippen molar-refractivity contribution in [3.05, 3.63) is 81.7 Å². The summed E-state index contributed by atoms with van der Waals surface area (Å²) in [6.07, 6.45) is 4.76. The first-order valence-electron chi connectivity index (χ1n) is 7.51. The highest BCUT2D eigenvalue weighted by Crippen LogP contribution is 2.30. The third kappa shape index (κ3) is 4.65. The number of phenolic OH excluding ortho intramolecular Hbond substituents is 1. The maximum absolute atomic E-state index is 10.1. The van der Waals surface area contributed by atoms with Gasteiger partial charge in [-0.1, -0.05) is 23.7 Å². The molecule has 6 nitrogen and oxygen atoms in total. The van der Waals surface area contributed by atoms with E-state index < -0.39 is 0 Å². The molecular weight excluding hydrogens is 418 g/mol. The number of nitrogens with one attached hydrogen (secondary N) is 1. The van der Waals surface area contributed by atoms with Crippen molar-refractivity contribution in [1.82, 2.24) is 15.4 Å². The van der Waals surface area contributed by atoms with Crippen LogP contribution in [0.4, 0.5) is 5.82 Å². The minimum absolute atomic E-state index is 0.0426. The summed E-state index contributed by atoms with van der Waals surface area (Å²) in [6, 6.07) is 14.1. The molecule has 0 amide bonds. The summed E-state index contributed by atoms with van der Waals surface area (Å²) in [6.45, 7) is 0. The van der Waals surface area contributed by atoms with Crippen LogP contribution < -0.4 is 5.43 Å². The first-order valence-corrected chi connectivity index (χ1v) is 8.69. The van der Waals surface area contributed by atoms with Gasteiger partial charge in [-0.15, -0.1) is 0 Å². The Morgan fingerprint density at radius 1 is 1.12 bits per heavy atom. The Morgan fingerprint density at radius 3 is 2.58 bits per heavy atom. The van der Waals surface area contributed by atoms with Crippen LogP contribution >= 0.6 is 27.5 Å². The summed E-state index contributed by atoms with van der Waals surface area (Å²) >= 11 is 9.24. The lowest BCUT2D eigenvalue weighted by Gasteiger charge is -2.06. The van der Waals surface area contributed by atoms with Gasteiger partial charge in [-0.2, -0.15) is 5.10 Å². The van der Waals surface area contributed by atoms with Crippen LogP contribution in [0.1, 0.15) is 11.3 Å². The SMILES string of the molecule is Oc1c(Br)cc(Cl)cc1C=NNC(=Nc1ccccn1)c1ccccn1. The first kappa shape index (κ1) is 18.0. The van der Waals surface area contributed by atoms with E-state index in [2.05, 4.69) is 41.4 Å². The molecule has 2 heterocycles. The number of hydrogen-bond donors (Lipinski definition) is 2. The largest absolute Gasteiger partial charge is 0.506 e. The van der Waals surface area contributed by atoms with E-state index in [1.807, 2.05) is 24.3 Å². The molecule has 0 unspecified atom stereocenters. The summed E-state index contributed by atoms with van der Waals surface area (Å²) < 4.78 is 0.485. The number of aliphatic imine (C=N–C) groups is 1. The van der Waals surface area contributed by atoms with Crippen LogP contribution in [0.5, 0.6) is 5.75 Å². The van der Waals surface area contributed by atoms with E-state index in [0.717, 1.165) is 0 Å². The highest BCUT2D eigenvalue weighted by Gasteiger charge is 2.07. The maximum Gasteiger partial charge on any atom is 0.174 e. The standard InChI is InChI=1S/C18H13BrClN5O/c19-14-10-13(20)9-12(17(14)26)11-23-25-18(15-5-1-3-7-21-15)24-16-6-2-4-8-22-16/h1-11,26H,(H,22,24,25). The van der Waals surface area contributed by atoms with Crippen LogP contribution in [0, 0.1) is 0 Å². The molecule has 0 atom stereocenters. The normalized spacial score (nSPS) is 11.7. The molecule has 2 aromatic heterocycles. The Labute approximate surface area is 163 Å². The number of nitrogens with zero attached hydrogens (tertiary/aromatic N) is 4. The zero-order valence-electron chi connectivity index (χ0n) is 13.3. The van der Waals surface area contributed by atoms with Gasteiger partial charge in [-0.25, -0.2) is 9.98 Å². The third-order valence-electron chi connectivity index (χ3n) is 3.21. The molecule has 3 rings (SSSR count). The van der Waals surface area contributed by atoms with Crippen molar-refractivity contribution in [3.63, 3.8) is 0 Å². The van der Waals surface area contributed by atoms with Crippen LogP contribution in [0.3, 0.4) is 0 Å². The fourth-order valence-electron chi connectivity index (χ4n) is 2.02. The molecular formula is C18H13BrClN5O. The predicted octanol–water partition coefficient (Wildman–Crippen LogP) is 4.30. The van der Waals surface area contributed by atoms with Gasteiger partial charge in [0.05, 0.1) is 10.7 Å². The van der Waals surface area contributed by atoms with Crippen LogP contribution in [-0.4, -0.2) is 27.1 Å². The zero-order valence-corrected chi connectivity index (χ0v) is 15.7. The molecule has 8 heteroatoms. The Bertz CT molecular complexity index is 949. The van der Waals surface area contributed by atoms with Gasteiger partial charge in [-0.05, 0) is 52.3 Å². The smallest absolute Gasteiger partial charge is 0.174 e. The lowest BCUT2D eigenvalue weighted by molar-refractivity contribution is 0.471. The summed E-state index contributed by atoms with van der Waals surface area (Å²) in [5.74, 6) is 0.978. The zero-order chi connectivity index (χ0) is 18.4. The Hall–Kier alpha value is -2.77. The number of pyridine rings is 2. The van der Waals surface area contributed by atoms with Crippen molar-refractivity contribution < 1.29 is 5.11 Å². The van der Waals surface area contributed by atoms with Crippen LogP contribution in [0.25, 0.3) is 0 Å². The molecule has 0 spiro atoms. The van der Waals surface area contributed by atoms with Gasteiger partial charge in [0.25, 0.3) is 0 Å². The number of rotatable bonds is 4. The molecule has 0 aliphatic rings. The van der Waals surface area contributed by atoms with Gasteiger partial charge in [0.2, 0.25) is 0 Å². The van der Waals surface area contributed by atoms with Gasteiger partial charge in [0.15, 0.2) is 11.7 Å². The van der Waals surface area contributed by atoms with Crippen molar-refractivity contribution in [3.8, 4) is 5.75 Å².